The molecule has 43 heavy (non-hydrogen) atoms. The van der Waals surface area contributed by atoms with Crippen molar-refractivity contribution >= 4 is 10.9 Å². The summed E-state index contributed by atoms with van der Waals surface area (Å²) in [5, 5.41) is 0. The van der Waals surface area contributed by atoms with E-state index >= 15 is 0 Å². The van der Waals surface area contributed by atoms with Gasteiger partial charge in [-0.2, -0.15) is 0 Å². The van der Waals surface area contributed by atoms with Crippen molar-refractivity contribution in [1.29, 1.82) is 0 Å². The van der Waals surface area contributed by atoms with Crippen molar-refractivity contribution in [2.45, 2.75) is 172 Å². The molecule has 0 N–H and O–H groups in total. The van der Waals surface area contributed by atoms with Gasteiger partial charge in [-0.3, -0.25) is 0 Å². The molecule has 0 saturated carbocycles. The summed E-state index contributed by atoms with van der Waals surface area (Å²) in [6, 6.07) is 22.2. The van der Waals surface area contributed by atoms with Gasteiger partial charge in [0, 0.05) is 22.3 Å². The van der Waals surface area contributed by atoms with Gasteiger partial charge in [0.1, 0.15) is 10.9 Å². The van der Waals surface area contributed by atoms with Crippen LogP contribution in [0.25, 0.3) is 0 Å². The second-order valence-corrected chi connectivity index (χ2v) is 14.6. The summed E-state index contributed by atoms with van der Waals surface area (Å²) in [6.45, 7) is 14.1. The molecule has 0 heterocycles. The molecule has 0 spiro atoms. The Morgan fingerprint density at radius 3 is 1.00 bits per heavy atom. The Bertz CT molecular complexity index is 1060. The summed E-state index contributed by atoms with van der Waals surface area (Å²) < 4.78 is 0. The molecule has 3 aromatic rings. The molecule has 0 radical (unpaired) electrons. The largest absolute Gasteiger partial charge is 0.172 e. The molecule has 3 rings (SSSR count). The Kier molecular flexibility index (Phi) is 16.6. The van der Waals surface area contributed by atoms with Crippen LogP contribution >= 0.6 is 0 Å². The zero-order valence-electron chi connectivity index (χ0n) is 28.8. The fourth-order valence-electron chi connectivity index (χ4n) is 6.33. The van der Waals surface area contributed by atoms with Gasteiger partial charge in [0.25, 0.3) is 0 Å². The van der Waals surface area contributed by atoms with Crippen molar-refractivity contribution in [2.24, 2.45) is 0 Å². The number of unbranched alkanes of at least 4 members (excludes halogenated alkanes) is 6. The van der Waals surface area contributed by atoms with Crippen LogP contribution in [-0.2, 0) is 49.4 Å². The van der Waals surface area contributed by atoms with Crippen molar-refractivity contribution in [3.63, 3.8) is 0 Å². The molecule has 0 amide bonds. The van der Waals surface area contributed by atoms with Crippen LogP contribution in [0.2, 0.25) is 0 Å². The lowest BCUT2D eigenvalue weighted by Crippen LogP contribution is -2.17. The lowest BCUT2D eigenvalue weighted by atomic mass is 9.96. The highest BCUT2D eigenvalue weighted by Gasteiger charge is 2.38. The lowest BCUT2D eigenvalue weighted by molar-refractivity contribution is 0.742. The van der Waals surface area contributed by atoms with Gasteiger partial charge in [-0.15, -0.1) is 0 Å². The van der Waals surface area contributed by atoms with E-state index in [2.05, 4.69) is 96.1 Å². The van der Waals surface area contributed by atoms with E-state index in [-0.39, 0.29) is 10.9 Å². The maximum Gasteiger partial charge on any atom is 0.172 e. The average molecular weight is 600 g/mol. The van der Waals surface area contributed by atoms with E-state index in [1.54, 1.807) is 43.2 Å². The maximum atomic E-state index is 2.64. The molecular weight excluding hydrogens is 537 g/mol. The minimum absolute atomic E-state index is 0.103. The van der Waals surface area contributed by atoms with Crippen LogP contribution in [0.4, 0.5) is 0 Å². The molecule has 0 atom stereocenters. The number of benzene rings is 3. The van der Waals surface area contributed by atoms with Gasteiger partial charge in [0.2, 0.25) is 0 Å². The van der Waals surface area contributed by atoms with Gasteiger partial charge in [-0.1, -0.05) is 123 Å². The number of rotatable bonds is 21. The van der Waals surface area contributed by atoms with Crippen LogP contribution in [0, 0.1) is 0 Å². The summed E-state index contributed by atoms with van der Waals surface area (Å²) >= 11 is 0. The number of hydrogen-bond donors (Lipinski definition) is 0. The first-order valence-electron chi connectivity index (χ1n) is 18.2. The fourth-order valence-corrected chi connectivity index (χ4v) is 9.13. The minimum Gasteiger partial charge on any atom is -0.0654 e. The molecule has 0 nitrogen and oxygen atoms in total. The maximum absolute atomic E-state index is 2.64. The molecule has 0 fully saturated rings. The van der Waals surface area contributed by atoms with Crippen LogP contribution in [0.15, 0.2) is 69.3 Å². The predicted octanol–water partition coefficient (Wildman–Crippen LogP) is 12.8. The summed E-state index contributed by atoms with van der Waals surface area (Å²) in [4.78, 5) is 4.88. The van der Waals surface area contributed by atoms with E-state index in [4.69, 9.17) is 0 Å². The molecule has 0 aliphatic heterocycles. The topological polar surface area (TPSA) is 0 Å². The average Bonchev–Trinajstić information content (AvgIpc) is 3.04. The van der Waals surface area contributed by atoms with Gasteiger partial charge in [-0.25, -0.2) is 0 Å². The Hall–Kier alpha value is -1.99. The molecule has 0 aromatic heterocycles. The highest BCUT2D eigenvalue weighted by atomic mass is 32.2. The van der Waals surface area contributed by atoms with E-state index in [1.807, 2.05) is 0 Å². The SMILES string of the molecule is CCCCc1cc(CCCC)c([S+](c2ccccc2)c2c(CCCC)cc(CCCC)cc2CCCC)c(CCCC)c1. The zero-order chi connectivity index (χ0) is 30.9. The molecule has 236 valence electrons. The standard InChI is InChI=1S/C42H63S/c1-7-13-22-34-30-36(24-15-9-3)41(37(31-34)25-16-10-4)43(40-28-20-19-21-29-40)42-38(26-17-11-5)32-35(23-14-8-2)33-39(42)27-18-12-6/h19-21,28-33H,7-18,22-27H2,1-6H3/q+1. The van der Waals surface area contributed by atoms with E-state index in [9.17, 15) is 0 Å². The van der Waals surface area contributed by atoms with E-state index in [1.165, 1.54) is 120 Å². The third-order valence-electron chi connectivity index (χ3n) is 8.83. The molecule has 0 unspecified atom stereocenters. The van der Waals surface area contributed by atoms with Gasteiger partial charge in [0.15, 0.2) is 14.7 Å². The molecular formula is C42H63S+. The minimum atomic E-state index is -0.103. The first kappa shape index (κ1) is 35.5. The Morgan fingerprint density at radius 2 is 0.698 bits per heavy atom. The van der Waals surface area contributed by atoms with Gasteiger partial charge in [0.05, 0.1) is 0 Å². The second-order valence-electron chi connectivity index (χ2n) is 12.7. The van der Waals surface area contributed by atoms with Crippen molar-refractivity contribution in [3.8, 4) is 0 Å². The smallest absolute Gasteiger partial charge is 0.0654 e. The van der Waals surface area contributed by atoms with E-state index in [0.29, 0.717) is 0 Å². The summed E-state index contributed by atoms with van der Waals surface area (Å²) in [5.74, 6) is 0. The first-order valence-corrected chi connectivity index (χ1v) is 19.4. The molecule has 0 saturated heterocycles. The molecule has 0 aliphatic rings. The van der Waals surface area contributed by atoms with Crippen LogP contribution in [0.1, 0.15) is 152 Å². The van der Waals surface area contributed by atoms with E-state index in [0.717, 1.165) is 0 Å². The third-order valence-corrected chi connectivity index (χ3v) is 11.4. The van der Waals surface area contributed by atoms with Crippen LogP contribution < -0.4 is 0 Å². The van der Waals surface area contributed by atoms with Crippen molar-refractivity contribution < 1.29 is 0 Å². The second kappa shape index (κ2) is 20.1. The Morgan fingerprint density at radius 1 is 0.395 bits per heavy atom. The fraction of sp³-hybridized carbons (Fsp3) is 0.571. The van der Waals surface area contributed by atoms with Gasteiger partial charge >= 0.3 is 0 Å². The lowest BCUT2D eigenvalue weighted by Gasteiger charge is -2.22. The highest BCUT2D eigenvalue weighted by molar-refractivity contribution is 7.97. The third kappa shape index (κ3) is 10.6. The number of hydrogen-bond acceptors (Lipinski definition) is 0. The van der Waals surface area contributed by atoms with Crippen molar-refractivity contribution in [1.82, 2.24) is 0 Å². The van der Waals surface area contributed by atoms with Crippen LogP contribution in [0.3, 0.4) is 0 Å². The zero-order valence-corrected chi connectivity index (χ0v) is 29.6. The van der Waals surface area contributed by atoms with Gasteiger partial charge < -0.3 is 0 Å². The van der Waals surface area contributed by atoms with Crippen molar-refractivity contribution in [3.05, 3.63) is 88.0 Å². The van der Waals surface area contributed by atoms with Crippen molar-refractivity contribution in [2.75, 3.05) is 0 Å². The molecule has 0 aliphatic carbocycles. The van der Waals surface area contributed by atoms with Gasteiger partial charge in [-0.05, 0) is 100 Å². The van der Waals surface area contributed by atoms with Crippen LogP contribution in [0.5, 0.6) is 0 Å². The summed E-state index contributed by atoms with van der Waals surface area (Å²) in [6.07, 6.45) is 22.4. The Labute approximate surface area is 269 Å². The monoisotopic (exact) mass is 599 g/mol. The number of aryl methyl sites for hydroxylation is 6. The Balaban J connectivity index is 2.41. The molecule has 1 heteroatoms. The quantitative estimate of drug-likeness (QED) is 0.107. The molecule has 3 aromatic carbocycles. The van der Waals surface area contributed by atoms with Crippen LogP contribution in [-0.4, -0.2) is 0 Å². The highest BCUT2D eigenvalue weighted by Crippen LogP contribution is 2.42. The first-order chi connectivity index (χ1) is 21.1. The van der Waals surface area contributed by atoms with E-state index < -0.39 is 0 Å². The summed E-state index contributed by atoms with van der Waals surface area (Å²) in [7, 11) is -0.103. The predicted molar refractivity (Wildman–Crippen MR) is 193 cm³/mol. The summed E-state index contributed by atoms with van der Waals surface area (Å²) in [5.41, 5.74) is 9.73. The molecule has 0 bridgehead atoms. The normalized spacial score (nSPS) is 11.5.